The summed E-state index contributed by atoms with van der Waals surface area (Å²) < 4.78 is 317. The molecule has 0 aromatic rings. The Bertz CT molecular complexity index is 3210. The highest BCUT2D eigenvalue weighted by Gasteiger charge is 2.48. The molecule has 9 aliphatic heterocycles. The van der Waals surface area contributed by atoms with Crippen molar-refractivity contribution < 1.29 is 143 Å². The van der Waals surface area contributed by atoms with E-state index in [-0.39, 0.29) is 46.0 Å². The third-order valence-corrected chi connectivity index (χ3v) is 27.7. The number of sulfone groups is 3. The Morgan fingerprint density at radius 3 is 1.13 bits per heavy atom. The molecule has 0 saturated carbocycles. The SMILES string of the molecule is C=S1(=O)CCCS(=O)(=O)O1.CC(F)OS(=O)(=O)C(F)(F)F.CC1CCOS1(=O)=O.CC1CCOS1(=O)=O.CC1CCS(=O)(=O)O1.CC1OS(=O)(=O)CC1F.O=S1(=O)C=CCC1.O=S1(=O)CCC(F)O1.O=S1(=O)CCCC1.O=S1(=O)CCCCC1. The minimum absolute atomic E-state index is 0.0255. The van der Waals surface area contributed by atoms with Crippen LogP contribution in [0.15, 0.2) is 11.5 Å². The molecule has 504 valence electrons. The van der Waals surface area contributed by atoms with E-state index < -0.39 is 146 Å². The fourth-order valence-corrected chi connectivity index (χ4v) is 19.4. The number of alkyl halides is 6. The first-order chi connectivity index (χ1) is 37.7. The van der Waals surface area contributed by atoms with Gasteiger partial charge in [0, 0.05) is 17.6 Å². The lowest BCUT2D eigenvalue weighted by molar-refractivity contribution is -0.0629. The van der Waals surface area contributed by atoms with Crippen LogP contribution in [0.25, 0.3) is 0 Å². The zero-order valence-corrected chi connectivity index (χ0v) is 54.8. The van der Waals surface area contributed by atoms with Crippen molar-refractivity contribution in [1.82, 2.24) is 0 Å². The Balaban J connectivity index is 0.000000913. The highest BCUT2D eigenvalue weighted by molar-refractivity contribution is 8.05. The maximum absolute atomic E-state index is 12.3. The summed E-state index contributed by atoms with van der Waals surface area (Å²) in [6.45, 7) is 7.72. The molecule has 0 spiro atoms. The van der Waals surface area contributed by atoms with E-state index in [9.17, 15) is 115 Å². The molecule has 9 heterocycles. The summed E-state index contributed by atoms with van der Waals surface area (Å²) in [5, 5.41) is 0.692. The van der Waals surface area contributed by atoms with Crippen LogP contribution in [0.3, 0.4) is 0 Å². The molecule has 8 saturated heterocycles. The van der Waals surface area contributed by atoms with Crippen molar-refractivity contribution in [2.45, 2.75) is 152 Å². The van der Waals surface area contributed by atoms with Crippen molar-refractivity contribution in [3.63, 3.8) is 0 Å². The van der Waals surface area contributed by atoms with Gasteiger partial charge in [0.15, 0.2) is 9.84 Å². The number of rotatable bonds is 2. The number of allylic oxidation sites excluding steroid dienone is 1. The van der Waals surface area contributed by atoms with Gasteiger partial charge in [-0.05, 0) is 98.3 Å². The van der Waals surface area contributed by atoms with Crippen LogP contribution in [-0.4, -0.2) is 212 Å². The van der Waals surface area contributed by atoms with E-state index in [1.54, 1.807) is 26.8 Å². The number of halogens is 6. The zero-order chi connectivity index (χ0) is 65.7. The molecule has 9 rings (SSSR count). The van der Waals surface area contributed by atoms with Crippen LogP contribution in [0, 0.1) is 0 Å². The summed E-state index contributed by atoms with van der Waals surface area (Å²) in [5.41, 5.74) is -5.56. The molecular weight excluding hydrogens is 1380 g/mol. The van der Waals surface area contributed by atoms with E-state index in [4.69, 9.17) is 0 Å². The standard InChI is InChI=1S/C5H10O2S.C4H7FO3S.C4H8O4S2.3C4H8O3S.C4H8O2S.C4H6O2S.C3H4F4O3S.C3H5FO3S/c6-8(7)4-2-1-3-5-8;1-3-4(5)2-9(6,7)8-3;1-9(5)3-2-4-10(6,7)8-9;1-4-2-3-8(5,6)7-4;2*1-4-2-3-7-8(4,5)6;2*5-7(6)3-1-2-4-7;1-2(4)10-11(8,9)3(5,6)7;4-3-1-2-8(5,6)7-3/h1-5H2;3-4H,2H2,1H3;1-4H2;3*4H,2-3H2,1H3;1-4H2;1,3H,2,4H2;2H,1H3;3H,1-2H2. The van der Waals surface area contributed by atoms with Gasteiger partial charge >= 0.3 is 15.6 Å². The van der Waals surface area contributed by atoms with Crippen LogP contribution in [-0.2, 0) is 139 Å². The molecule has 0 bridgehead atoms. The lowest BCUT2D eigenvalue weighted by Gasteiger charge is -2.14. The molecule has 8 atom stereocenters. The minimum atomic E-state index is -5.77. The van der Waals surface area contributed by atoms with Crippen molar-refractivity contribution in [3.05, 3.63) is 11.5 Å². The second-order valence-corrected chi connectivity index (χ2v) is 39.9. The molecule has 0 radical (unpaired) electrons. The monoisotopic (exact) mass is 1450 g/mol. The lowest BCUT2D eigenvalue weighted by Crippen LogP contribution is -2.27. The first kappa shape index (κ1) is 82.6. The Kier molecular flexibility index (Phi) is 34.1. The van der Waals surface area contributed by atoms with Gasteiger partial charge in [-0.3, -0.25) is 16.7 Å². The van der Waals surface area contributed by atoms with Gasteiger partial charge in [-0.25, -0.2) is 51.0 Å². The Morgan fingerprint density at radius 1 is 0.548 bits per heavy atom. The molecule has 84 heavy (non-hydrogen) atoms. The fraction of sp³-hybridized carbons (Fsp3) is 0.923. The van der Waals surface area contributed by atoms with E-state index in [0.29, 0.717) is 81.0 Å². The smallest absolute Gasteiger partial charge is 0.270 e. The molecule has 0 amide bonds. The van der Waals surface area contributed by atoms with Crippen LogP contribution in [0.4, 0.5) is 26.3 Å². The maximum atomic E-state index is 12.3. The van der Waals surface area contributed by atoms with E-state index in [1.165, 1.54) is 12.3 Å². The maximum Gasteiger partial charge on any atom is 0.523 e. The third-order valence-electron chi connectivity index (χ3n) is 10.7. The topological polar surface area (TPSA) is 423 Å². The van der Waals surface area contributed by atoms with Gasteiger partial charge in [0.1, 0.15) is 37.7 Å². The lowest BCUT2D eigenvalue weighted by atomic mass is 10.3. The summed E-state index contributed by atoms with van der Waals surface area (Å²) in [5.74, 6) is 4.87. The molecule has 0 aromatic heterocycles. The quantitative estimate of drug-likeness (QED) is 0.165. The Labute approximate surface area is 490 Å². The number of hydrogen-bond donors (Lipinski definition) is 0. The summed E-state index contributed by atoms with van der Waals surface area (Å²) in [7, 11) is -36.3. The van der Waals surface area contributed by atoms with Crippen LogP contribution < -0.4 is 0 Å². The van der Waals surface area contributed by atoms with Crippen molar-refractivity contribution in [2.24, 2.45) is 0 Å². The van der Waals surface area contributed by atoms with E-state index in [1.807, 2.05) is 0 Å². The van der Waals surface area contributed by atoms with Gasteiger partial charge < -0.3 is 0 Å². The van der Waals surface area contributed by atoms with Crippen LogP contribution in [0.1, 0.15) is 105 Å². The zero-order valence-electron chi connectivity index (χ0n) is 45.9. The van der Waals surface area contributed by atoms with Crippen LogP contribution in [0.2, 0.25) is 0 Å². The highest BCUT2D eigenvalue weighted by Crippen LogP contribution is 2.26. The highest BCUT2D eigenvalue weighted by atomic mass is 32.3. The first-order valence-electron chi connectivity index (χ1n) is 24.7. The van der Waals surface area contributed by atoms with Gasteiger partial charge in [-0.2, -0.15) is 75.7 Å². The normalized spacial score (nSPS) is 31.8. The summed E-state index contributed by atoms with van der Waals surface area (Å²) in [4.78, 5) is 0. The molecule has 45 heteroatoms. The van der Waals surface area contributed by atoms with Crippen molar-refractivity contribution in [1.29, 1.82) is 0 Å². The van der Waals surface area contributed by atoms with Crippen LogP contribution >= 0.6 is 0 Å². The number of hydrogen-bond acceptors (Lipinski definition) is 28. The molecule has 28 nitrogen and oxygen atoms in total. The Morgan fingerprint density at radius 2 is 0.988 bits per heavy atom. The van der Waals surface area contributed by atoms with E-state index in [0.717, 1.165) is 32.1 Å². The van der Waals surface area contributed by atoms with Gasteiger partial charge in [0.25, 0.3) is 60.7 Å². The van der Waals surface area contributed by atoms with Gasteiger partial charge in [0.05, 0.1) is 85.6 Å². The predicted octanol–water partition coefficient (Wildman–Crippen LogP) is 2.11. The summed E-state index contributed by atoms with van der Waals surface area (Å²) in [6.07, 6.45) is 2.92. The van der Waals surface area contributed by atoms with E-state index >= 15 is 0 Å². The van der Waals surface area contributed by atoms with Crippen molar-refractivity contribution >= 4 is 116 Å². The van der Waals surface area contributed by atoms with E-state index in [2.05, 4.69) is 34.6 Å². The third kappa shape index (κ3) is 37.5. The largest absolute Gasteiger partial charge is 0.523 e. The van der Waals surface area contributed by atoms with Gasteiger partial charge in [0.2, 0.25) is 12.7 Å². The molecule has 0 aromatic carbocycles. The van der Waals surface area contributed by atoms with Crippen molar-refractivity contribution in [3.8, 4) is 0 Å². The molecule has 0 aliphatic carbocycles. The fourth-order valence-electron chi connectivity index (χ4n) is 6.12. The molecular formula is C39H72F6O28S11. The average molecular weight is 1460 g/mol. The Hall–Kier alpha value is -1.44. The molecule has 8 fully saturated rings. The summed E-state index contributed by atoms with van der Waals surface area (Å²) in [6, 6.07) is 0. The van der Waals surface area contributed by atoms with Gasteiger partial charge in [-0.1, -0.05) is 12.5 Å². The first-order valence-corrected chi connectivity index (χ1v) is 42.5. The second kappa shape index (κ2) is 34.7. The second-order valence-electron chi connectivity index (χ2n) is 18.7. The predicted molar refractivity (Wildman–Crippen MR) is 295 cm³/mol. The minimum Gasteiger partial charge on any atom is -0.270 e. The van der Waals surface area contributed by atoms with Gasteiger partial charge in [-0.15, -0.1) is 0 Å². The van der Waals surface area contributed by atoms with Crippen LogP contribution in [0.5, 0.6) is 0 Å². The average Bonchev–Trinajstić information content (AvgIpc) is 4.18. The summed E-state index contributed by atoms with van der Waals surface area (Å²) >= 11 is 0. The molecule has 0 N–H and O–H groups in total. The molecule has 8 unspecified atom stereocenters. The van der Waals surface area contributed by atoms with Crippen molar-refractivity contribution in [2.75, 3.05) is 70.7 Å². The molecule has 9 aliphatic rings.